The van der Waals surface area contributed by atoms with Crippen LogP contribution in [0.15, 0.2) is 12.2 Å². The van der Waals surface area contributed by atoms with Crippen molar-refractivity contribution in [1.82, 2.24) is 0 Å². The quantitative estimate of drug-likeness (QED) is 0.174. The zero-order valence-corrected chi connectivity index (χ0v) is 24.0. The van der Waals surface area contributed by atoms with Gasteiger partial charge in [-0.25, -0.2) is 0 Å². The first-order valence-corrected chi connectivity index (χ1v) is 15.7. The summed E-state index contributed by atoms with van der Waals surface area (Å²) in [7, 11) is -0.0765. The Morgan fingerprint density at radius 1 is 1.18 bits per heavy atom. The number of aliphatic hydroxyl groups is 1. The highest BCUT2D eigenvalue weighted by molar-refractivity contribution is 6.74. The Morgan fingerprint density at radius 3 is 2.50 bits per heavy atom. The van der Waals surface area contributed by atoms with E-state index >= 15 is 0 Å². The Labute approximate surface area is 208 Å². The summed E-state index contributed by atoms with van der Waals surface area (Å²) in [5, 5.41) is 9.78. The number of ether oxygens (including phenoxy) is 5. The second-order valence-electron chi connectivity index (χ2n) is 11.7. The molecule has 2 heterocycles. The van der Waals surface area contributed by atoms with Crippen molar-refractivity contribution in [3.63, 3.8) is 0 Å². The van der Waals surface area contributed by atoms with Crippen LogP contribution in [0.4, 0.5) is 0 Å². The second-order valence-corrected chi connectivity index (χ2v) is 16.5. The summed E-state index contributed by atoms with van der Waals surface area (Å²) in [5.74, 6) is -0.531. The summed E-state index contributed by atoms with van der Waals surface area (Å²) < 4.78 is 36.4. The molecule has 0 aromatic carbocycles. The maximum Gasteiger partial charge on any atom is 0.191 e. The molecule has 0 aromatic rings. The Hall–Kier alpha value is -0.323. The van der Waals surface area contributed by atoms with Crippen LogP contribution in [0.5, 0.6) is 0 Å². The van der Waals surface area contributed by atoms with Crippen molar-refractivity contribution < 1.29 is 33.2 Å². The molecule has 6 atom stereocenters. The number of unbranched alkanes of at least 4 members (excludes halogenated alkanes) is 1. The van der Waals surface area contributed by atoms with Gasteiger partial charge in [0.15, 0.2) is 14.1 Å². The maximum atomic E-state index is 9.55. The molecule has 0 spiro atoms. The third-order valence-corrected chi connectivity index (χ3v) is 12.0. The summed E-state index contributed by atoms with van der Waals surface area (Å²) in [6.45, 7) is 18.5. The molecule has 0 radical (unpaired) electrons. The molecule has 34 heavy (non-hydrogen) atoms. The van der Waals surface area contributed by atoms with E-state index < -0.39 is 14.1 Å². The van der Waals surface area contributed by atoms with Crippen molar-refractivity contribution in [3.05, 3.63) is 12.2 Å². The van der Waals surface area contributed by atoms with E-state index in [0.717, 1.165) is 19.4 Å². The minimum atomic E-state index is -1.70. The van der Waals surface area contributed by atoms with E-state index in [1.54, 1.807) is 7.11 Å². The SMILES string of the molecule is COCO[C@H]1C[C@H]([C@H]2OC(C)(C)O[C@H]2/C=C/CCCO[Si](C)(C)C(C)(C)C)O[C@H](CCO)[C@@H]1C. The van der Waals surface area contributed by atoms with E-state index in [9.17, 15) is 5.11 Å². The number of aliphatic hydroxyl groups excluding tert-OH is 1. The molecule has 0 bridgehead atoms. The van der Waals surface area contributed by atoms with E-state index in [4.69, 9.17) is 28.1 Å². The van der Waals surface area contributed by atoms with Gasteiger partial charge in [-0.05, 0) is 51.2 Å². The van der Waals surface area contributed by atoms with Crippen LogP contribution < -0.4 is 0 Å². The smallest absolute Gasteiger partial charge is 0.191 e. The third-order valence-electron chi connectivity index (χ3n) is 7.44. The van der Waals surface area contributed by atoms with Crippen LogP contribution >= 0.6 is 0 Å². The van der Waals surface area contributed by atoms with Gasteiger partial charge in [0.1, 0.15) is 19.0 Å². The molecular formula is C26H50O7Si. The molecule has 1 N–H and O–H groups in total. The molecule has 2 saturated heterocycles. The van der Waals surface area contributed by atoms with E-state index in [-0.39, 0.29) is 54.9 Å². The molecular weight excluding hydrogens is 452 g/mol. The standard InChI is InChI=1S/C26H50O7Si/c1-19-20(14-15-27)31-23(17-22(19)29-18-28-7)24-21(32-26(5,6)33-24)13-11-10-12-16-30-34(8,9)25(2,3)4/h11,13,19-24,27H,10,12,14-18H2,1-9H3/b13-11+/t19-,20+,21-,22-,23+,24-/m0/s1. The van der Waals surface area contributed by atoms with E-state index in [2.05, 4.69) is 52.9 Å². The molecule has 2 rings (SSSR count). The van der Waals surface area contributed by atoms with Crippen LogP contribution in [0.3, 0.4) is 0 Å². The van der Waals surface area contributed by atoms with Gasteiger partial charge in [-0.15, -0.1) is 0 Å². The van der Waals surface area contributed by atoms with Gasteiger partial charge in [-0.2, -0.15) is 0 Å². The van der Waals surface area contributed by atoms with Gasteiger partial charge in [0.2, 0.25) is 0 Å². The van der Waals surface area contributed by atoms with E-state index in [0.29, 0.717) is 12.8 Å². The monoisotopic (exact) mass is 502 g/mol. The first kappa shape index (κ1) is 29.9. The van der Waals surface area contributed by atoms with Crippen molar-refractivity contribution in [1.29, 1.82) is 0 Å². The van der Waals surface area contributed by atoms with Crippen LogP contribution in [-0.4, -0.2) is 76.8 Å². The van der Waals surface area contributed by atoms with Crippen LogP contribution in [0, 0.1) is 5.92 Å². The summed E-state index contributed by atoms with van der Waals surface area (Å²) in [6.07, 6.45) is 6.70. The lowest BCUT2D eigenvalue weighted by Gasteiger charge is -2.42. The Balaban J connectivity index is 1.98. The minimum Gasteiger partial charge on any atom is -0.417 e. The Morgan fingerprint density at radius 2 is 1.88 bits per heavy atom. The van der Waals surface area contributed by atoms with E-state index in [1.807, 2.05) is 13.8 Å². The van der Waals surface area contributed by atoms with Crippen molar-refractivity contribution >= 4 is 8.32 Å². The van der Waals surface area contributed by atoms with Crippen molar-refractivity contribution in [2.24, 2.45) is 5.92 Å². The normalized spacial score (nSPS) is 32.5. The predicted molar refractivity (Wildman–Crippen MR) is 136 cm³/mol. The molecule has 0 aromatic heterocycles. The molecule has 0 saturated carbocycles. The first-order chi connectivity index (χ1) is 15.8. The molecule has 200 valence electrons. The lowest BCUT2D eigenvalue weighted by molar-refractivity contribution is -0.213. The minimum absolute atomic E-state index is 0.0281. The molecule has 0 amide bonds. The summed E-state index contributed by atoms with van der Waals surface area (Å²) in [6, 6.07) is 0. The molecule has 0 unspecified atom stereocenters. The molecule has 2 fully saturated rings. The molecule has 2 aliphatic rings. The van der Waals surface area contributed by atoms with Gasteiger partial charge in [0.25, 0.3) is 0 Å². The lowest BCUT2D eigenvalue weighted by atomic mass is 9.86. The topological polar surface area (TPSA) is 75.6 Å². The Kier molecular flexibility index (Phi) is 11.2. The van der Waals surface area contributed by atoms with E-state index in [1.165, 1.54) is 0 Å². The van der Waals surface area contributed by atoms with Gasteiger partial charge >= 0.3 is 0 Å². The van der Waals surface area contributed by atoms with Crippen molar-refractivity contribution in [2.45, 2.75) is 122 Å². The maximum absolute atomic E-state index is 9.55. The third kappa shape index (κ3) is 8.37. The van der Waals surface area contributed by atoms with Crippen LogP contribution in [0.1, 0.15) is 67.2 Å². The van der Waals surface area contributed by atoms with Crippen LogP contribution in [-0.2, 0) is 28.1 Å². The lowest BCUT2D eigenvalue weighted by Crippen LogP contribution is -2.50. The number of hydrogen-bond donors (Lipinski definition) is 1. The molecule has 7 nitrogen and oxygen atoms in total. The Bertz CT molecular complexity index is 631. The fourth-order valence-electron chi connectivity index (χ4n) is 4.36. The van der Waals surface area contributed by atoms with Gasteiger partial charge in [0, 0.05) is 32.7 Å². The number of methoxy groups -OCH3 is 1. The van der Waals surface area contributed by atoms with Gasteiger partial charge in [-0.1, -0.05) is 39.8 Å². The summed E-state index contributed by atoms with van der Waals surface area (Å²) in [5.41, 5.74) is 0. The van der Waals surface area contributed by atoms with Gasteiger partial charge < -0.3 is 33.2 Å². The fraction of sp³-hybridized carbons (Fsp3) is 0.923. The van der Waals surface area contributed by atoms with Gasteiger partial charge in [0.05, 0.1) is 18.3 Å². The number of allylic oxidation sites excluding steroid dienone is 1. The highest BCUT2D eigenvalue weighted by Gasteiger charge is 2.48. The van der Waals surface area contributed by atoms with Gasteiger partial charge in [-0.3, -0.25) is 0 Å². The summed E-state index contributed by atoms with van der Waals surface area (Å²) in [4.78, 5) is 0. The fourth-order valence-corrected chi connectivity index (χ4v) is 5.45. The molecule has 2 aliphatic heterocycles. The zero-order valence-electron chi connectivity index (χ0n) is 23.0. The largest absolute Gasteiger partial charge is 0.417 e. The predicted octanol–water partition coefficient (Wildman–Crippen LogP) is 5.03. The first-order valence-electron chi connectivity index (χ1n) is 12.8. The zero-order chi connectivity index (χ0) is 25.6. The second kappa shape index (κ2) is 12.8. The highest BCUT2D eigenvalue weighted by Crippen LogP contribution is 2.39. The van der Waals surface area contributed by atoms with Crippen LogP contribution in [0.2, 0.25) is 18.1 Å². The average Bonchev–Trinajstić information content (AvgIpc) is 3.04. The van der Waals surface area contributed by atoms with Crippen molar-refractivity contribution in [3.8, 4) is 0 Å². The molecule has 8 heteroatoms. The highest BCUT2D eigenvalue weighted by atomic mass is 28.4. The number of rotatable bonds is 12. The van der Waals surface area contributed by atoms with Crippen LogP contribution in [0.25, 0.3) is 0 Å². The summed E-state index contributed by atoms with van der Waals surface area (Å²) >= 11 is 0. The van der Waals surface area contributed by atoms with Crippen molar-refractivity contribution in [2.75, 3.05) is 27.1 Å². The average molecular weight is 503 g/mol. The number of hydrogen-bond acceptors (Lipinski definition) is 7. The molecule has 0 aliphatic carbocycles.